The number of esters is 1. The number of rotatable bonds is 4. The van der Waals surface area contributed by atoms with Crippen molar-refractivity contribution in [3.63, 3.8) is 0 Å². The molecular weight excluding hydrogens is 306 g/mol. The van der Waals surface area contributed by atoms with Crippen molar-refractivity contribution in [2.45, 2.75) is 51.6 Å². The molecule has 3 heterocycles. The normalized spacial score (nSPS) is 19.4. The highest BCUT2D eigenvalue weighted by molar-refractivity contribution is 5.99. The van der Waals surface area contributed by atoms with E-state index in [9.17, 15) is 9.59 Å². The highest BCUT2D eigenvalue weighted by Gasteiger charge is 2.39. The van der Waals surface area contributed by atoms with Gasteiger partial charge in [-0.2, -0.15) is 0 Å². The molecule has 6 heteroatoms. The van der Waals surface area contributed by atoms with E-state index in [2.05, 4.69) is 10.3 Å². The van der Waals surface area contributed by atoms with Crippen LogP contribution in [0.2, 0.25) is 0 Å². The number of cyclic esters (lactones) is 1. The molecule has 0 unspecified atom stereocenters. The second-order valence-electron chi connectivity index (χ2n) is 6.95. The smallest absolute Gasteiger partial charge is 0.343 e. The topological polar surface area (TPSA) is 71.5 Å². The largest absolute Gasteiger partial charge is 0.451 e. The zero-order chi connectivity index (χ0) is 17.2. The first-order chi connectivity index (χ1) is 11.5. The predicted octanol–water partition coefficient (Wildman–Crippen LogP) is 2.69. The summed E-state index contributed by atoms with van der Waals surface area (Å²) < 4.78 is 5.40. The third-order valence-corrected chi connectivity index (χ3v) is 4.74. The Morgan fingerprint density at radius 2 is 2.00 bits per heavy atom. The Kier molecular flexibility index (Phi) is 4.73. The number of amides is 1. The molecule has 1 saturated heterocycles. The average Bonchev–Trinajstić information content (AvgIpc) is 2.75. The van der Waals surface area contributed by atoms with Crippen molar-refractivity contribution in [1.29, 1.82) is 0 Å². The van der Waals surface area contributed by atoms with Crippen molar-refractivity contribution in [3.8, 4) is 0 Å². The highest BCUT2D eigenvalue weighted by Crippen LogP contribution is 2.38. The number of carbonyl (C=O) groups is 2. The Balaban J connectivity index is 1.61. The number of fused-ring (bicyclic) bond motifs is 1. The van der Waals surface area contributed by atoms with Gasteiger partial charge in [-0.3, -0.25) is 4.79 Å². The van der Waals surface area contributed by atoms with E-state index >= 15 is 0 Å². The standard InChI is InChI=1S/C18H25N3O3/c1-18(2)13-7-9-19-16(15(13)17(23)24-18)20-10-8-14(22)21-11-5-3-4-6-12-21/h7,9H,3-6,8,10-12H2,1-2H3,(H,19,20). The summed E-state index contributed by atoms with van der Waals surface area (Å²) in [4.78, 5) is 30.6. The van der Waals surface area contributed by atoms with Crippen molar-refractivity contribution in [2.75, 3.05) is 25.0 Å². The first kappa shape index (κ1) is 16.7. The predicted molar refractivity (Wildman–Crippen MR) is 90.8 cm³/mol. The Bertz CT molecular complexity index is 634. The van der Waals surface area contributed by atoms with E-state index in [0.717, 1.165) is 31.5 Å². The summed E-state index contributed by atoms with van der Waals surface area (Å²) in [5, 5.41) is 3.14. The Morgan fingerprint density at radius 1 is 1.29 bits per heavy atom. The van der Waals surface area contributed by atoms with Gasteiger partial charge in [0.2, 0.25) is 5.91 Å². The summed E-state index contributed by atoms with van der Waals surface area (Å²) in [5.41, 5.74) is 0.696. The first-order valence-corrected chi connectivity index (χ1v) is 8.73. The quantitative estimate of drug-likeness (QED) is 0.859. The van der Waals surface area contributed by atoms with Crippen LogP contribution in [0.4, 0.5) is 5.82 Å². The molecule has 1 aromatic heterocycles. The maximum Gasteiger partial charge on any atom is 0.343 e. The van der Waals surface area contributed by atoms with Crippen molar-refractivity contribution in [1.82, 2.24) is 9.88 Å². The van der Waals surface area contributed by atoms with Crippen LogP contribution in [0.3, 0.4) is 0 Å². The molecule has 1 N–H and O–H groups in total. The lowest BCUT2D eigenvalue weighted by Gasteiger charge is -2.20. The van der Waals surface area contributed by atoms with Crippen LogP contribution in [0.1, 0.15) is 61.9 Å². The molecule has 24 heavy (non-hydrogen) atoms. The van der Waals surface area contributed by atoms with E-state index in [1.54, 1.807) is 6.20 Å². The van der Waals surface area contributed by atoms with Crippen LogP contribution >= 0.6 is 0 Å². The van der Waals surface area contributed by atoms with Crippen molar-refractivity contribution in [3.05, 3.63) is 23.4 Å². The van der Waals surface area contributed by atoms with Gasteiger partial charge in [-0.25, -0.2) is 9.78 Å². The molecular formula is C18H25N3O3. The molecule has 6 nitrogen and oxygen atoms in total. The van der Waals surface area contributed by atoms with E-state index in [0.29, 0.717) is 24.3 Å². The molecule has 1 aromatic rings. The number of ether oxygens (including phenoxy) is 1. The van der Waals surface area contributed by atoms with Crippen LogP contribution in [-0.2, 0) is 15.1 Å². The molecule has 130 valence electrons. The Morgan fingerprint density at radius 3 is 2.71 bits per heavy atom. The fourth-order valence-electron chi connectivity index (χ4n) is 3.41. The zero-order valence-electron chi connectivity index (χ0n) is 14.4. The van der Waals surface area contributed by atoms with Crippen LogP contribution in [-0.4, -0.2) is 41.4 Å². The molecule has 0 saturated carbocycles. The number of nitrogens with zero attached hydrogens (tertiary/aromatic N) is 2. The van der Waals surface area contributed by atoms with Crippen LogP contribution in [0.25, 0.3) is 0 Å². The summed E-state index contributed by atoms with van der Waals surface area (Å²) in [6.45, 7) is 5.91. The van der Waals surface area contributed by atoms with Gasteiger partial charge in [0.1, 0.15) is 17.0 Å². The highest BCUT2D eigenvalue weighted by atomic mass is 16.6. The lowest BCUT2D eigenvalue weighted by molar-refractivity contribution is -0.130. The first-order valence-electron chi connectivity index (χ1n) is 8.73. The van der Waals surface area contributed by atoms with Gasteiger partial charge in [0.15, 0.2) is 0 Å². The minimum absolute atomic E-state index is 0.167. The number of hydrogen-bond donors (Lipinski definition) is 1. The molecule has 2 aliphatic rings. The van der Waals surface area contributed by atoms with Crippen LogP contribution in [0.5, 0.6) is 0 Å². The van der Waals surface area contributed by atoms with Gasteiger partial charge in [-0.1, -0.05) is 12.8 Å². The van der Waals surface area contributed by atoms with Gasteiger partial charge in [-0.15, -0.1) is 0 Å². The third-order valence-electron chi connectivity index (χ3n) is 4.74. The van der Waals surface area contributed by atoms with Crippen LogP contribution in [0, 0.1) is 0 Å². The monoisotopic (exact) mass is 331 g/mol. The van der Waals surface area contributed by atoms with Gasteiger partial charge in [-0.05, 0) is 32.8 Å². The fraction of sp³-hybridized carbons (Fsp3) is 0.611. The molecule has 2 aliphatic heterocycles. The number of pyridine rings is 1. The molecule has 0 aromatic carbocycles. The SMILES string of the molecule is CC1(C)OC(=O)c2c1ccnc2NCCC(=O)N1CCCCCC1. The molecule has 0 atom stereocenters. The summed E-state index contributed by atoms with van der Waals surface area (Å²) >= 11 is 0. The van der Waals surface area contributed by atoms with E-state index in [1.807, 2.05) is 24.8 Å². The number of aromatic nitrogens is 1. The molecule has 1 amide bonds. The van der Waals surface area contributed by atoms with Crippen molar-refractivity contribution in [2.24, 2.45) is 0 Å². The average molecular weight is 331 g/mol. The maximum absolute atomic E-state index is 12.3. The van der Waals surface area contributed by atoms with Gasteiger partial charge in [0, 0.05) is 37.8 Å². The van der Waals surface area contributed by atoms with Gasteiger partial charge < -0.3 is 15.0 Å². The van der Waals surface area contributed by atoms with E-state index < -0.39 is 5.60 Å². The lowest BCUT2D eigenvalue weighted by Crippen LogP contribution is -2.33. The molecule has 1 fully saturated rings. The molecule has 0 bridgehead atoms. The van der Waals surface area contributed by atoms with Gasteiger partial charge in [0.05, 0.1) is 0 Å². The number of likely N-dealkylation sites (tertiary alicyclic amines) is 1. The van der Waals surface area contributed by atoms with E-state index in [-0.39, 0.29) is 11.9 Å². The fourth-order valence-corrected chi connectivity index (χ4v) is 3.41. The molecule has 0 aliphatic carbocycles. The van der Waals surface area contributed by atoms with Crippen molar-refractivity contribution < 1.29 is 14.3 Å². The zero-order valence-corrected chi connectivity index (χ0v) is 14.4. The third kappa shape index (κ3) is 3.37. The summed E-state index contributed by atoms with van der Waals surface area (Å²) in [7, 11) is 0. The Labute approximate surface area is 142 Å². The van der Waals surface area contributed by atoms with Gasteiger partial charge >= 0.3 is 5.97 Å². The van der Waals surface area contributed by atoms with Crippen LogP contribution < -0.4 is 5.32 Å². The van der Waals surface area contributed by atoms with Crippen molar-refractivity contribution >= 4 is 17.7 Å². The minimum atomic E-state index is -0.631. The lowest BCUT2D eigenvalue weighted by atomic mass is 9.97. The number of anilines is 1. The molecule has 0 radical (unpaired) electrons. The van der Waals surface area contributed by atoms with E-state index in [1.165, 1.54) is 12.8 Å². The second-order valence-corrected chi connectivity index (χ2v) is 6.95. The summed E-state index contributed by atoms with van der Waals surface area (Å²) in [6.07, 6.45) is 6.67. The Hall–Kier alpha value is -2.11. The minimum Gasteiger partial charge on any atom is -0.451 e. The summed E-state index contributed by atoms with van der Waals surface area (Å²) in [6, 6.07) is 1.81. The van der Waals surface area contributed by atoms with Crippen LogP contribution in [0.15, 0.2) is 12.3 Å². The summed E-state index contributed by atoms with van der Waals surface area (Å²) in [5.74, 6) is 0.316. The number of carbonyl (C=O) groups excluding carboxylic acids is 2. The number of hydrogen-bond acceptors (Lipinski definition) is 5. The maximum atomic E-state index is 12.3. The van der Waals surface area contributed by atoms with Gasteiger partial charge in [0.25, 0.3) is 0 Å². The molecule has 0 spiro atoms. The molecule has 3 rings (SSSR count). The van der Waals surface area contributed by atoms with E-state index in [4.69, 9.17) is 4.74 Å². The number of nitrogens with one attached hydrogen (secondary N) is 1. The second kappa shape index (κ2) is 6.79.